The van der Waals surface area contributed by atoms with Crippen LogP contribution in [0.25, 0.3) is 0 Å². The molecule has 10 nitrogen and oxygen atoms in total. The van der Waals surface area contributed by atoms with Gasteiger partial charge < -0.3 is 29.7 Å². The number of likely N-dealkylation sites (tertiary alicyclic amines) is 1. The van der Waals surface area contributed by atoms with Gasteiger partial charge in [-0.05, 0) is 31.2 Å². The van der Waals surface area contributed by atoms with E-state index in [1.165, 1.54) is 4.90 Å². The molecule has 3 fully saturated rings. The number of halogens is 1. The van der Waals surface area contributed by atoms with Gasteiger partial charge in [0.1, 0.15) is 18.2 Å². The first-order chi connectivity index (χ1) is 22.2. The number of unbranched alkanes of at least 4 members (excludes halogenated alkanes) is 2. The lowest BCUT2D eigenvalue weighted by Gasteiger charge is -2.39. The lowest BCUT2D eigenvalue weighted by atomic mass is 9.70. The molecule has 3 amide bonds. The fraction of sp³-hybridized carbons (Fsp3) is 0.600. The number of nitrogens with zero attached hydrogens (tertiary/aromatic N) is 2. The average Bonchev–Trinajstić information content (AvgIpc) is 3.65. The highest BCUT2D eigenvalue weighted by atomic mass is 79.9. The summed E-state index contributed by atoms with van der Waals surface area (Å²) in [6.07, 6.45) is 6.86. The van der Waals surface area contributed by atoms with Crippen LogP contribution in [0.5, 0.6) is 0 Å². The molecule has 46 heavy (non-hydrogen) atoms. The molecule has 2 bridgehead atoms. The van der Waals surface area contributed by atoms with Crippen LogP contribution in [0, 0.1) is 11.8 Å². The van der Waals surface area contributed by atoms with Gasteiger partial charge in [0, 0.05) is 24.3 Å². The quantitative estimate of drug-likeness (QED) is 0.102. The van der Waals surface area contributed by atoms with Crippen LogP contribution >= 0.6 is 15.9 Å². The number of benzene rings is 1. The van der Waals surface area contributed by atoms with Gasteiger partial charge in [0.25, 0.3) is 0 Å². The molecule has 2 N–H and O–H groups in total. The van der Waals surface area contributed by atoms with E-state index in [4.69, 9.17) is 9.47 Å². The molecule has 3 aliphatic heterocycles. The third-order valence-electron chi connectivity index (χ3n) is 9.51. The first-order valence-corrected chi connectivity index (χ1v) is 17.4. The summed E-state index contributed by atoms with van der Waals surface area (Å²) < 4.78 is 12.2. The number of fused-ring (bicyclic) bond motifs is 1. The number of amides is 3. The van der Waals surface area contributed by atoms with Gasteiger partial charge in [-0.15, -0.1) is 13.2 Å². The van der Waals surface area contributed by atoms with Crippen LogP contribution in [0.1, 0.15) is 70.4 Å². The molecule has 4 rings (SSSR count). The van der Waals surface area contributed by atoms with Crippen molar-refractivity contribution in [2.75, 3.05) is 26.3 Å². The SMILES string of the molecule is C=CCCC(=O)OC[C@@H](NC(=O)[C@H]1[C@@H]2O[C@@]3(CC2Br)[C@@H]1C(=O)N([C@@H](CC)CO)[C@@H]3C(=O)N(CC=C)CCCCC)c1ccccc1. The number of hydrogen-bond acceptors (Lipinski definition) is 7. The molecule has 0 saturated carbocycles. The number of aliphatic hydroxyl groups is 1. The largest absolute Gasteiger partial charge is 0.463 e. The Kier molecular flexibility index (Phi) is 12.6. The van der Waals surface area contributed by atoms with Crippen LogP contribution in [-0.4, -0.2) is 93.5 Å². The highest BCUT2D eigenvalue weighted by Crippen LogP contribution is 2.60. The van der Waals surface area contributed by atoms with Gasteiger partial charge in [-0.2, -0.15) is 0 Å². The molecule has 3 aliphatic rings. The van der Waals surface area contributed by atoms with Crippen molar-refractivity contribution >= 4 is 39.6 Å². The van der Waals surface area contributed by atoms with Gasteiger partial charge in [-0.25, -0.2) is 0 Å². The molecule has 3 saturated heterocycles. The summed E-state index contributed by atoms with van der Waals surface area (Å²) in [5.41, 5.74) is -0.506. The predicted molar refractivity (Wildman–Crippen MR) is 178 cm³/mol. The molecular formula is C35H48BrN3O7. The lowest BCUT2D eigenvalue weighted by molar-refractivity contribution is -0.151. The third kappa shape index (κ3) is 7.11. The van der Waals surface area contributed by atoms with Gasteiger partial charge in [0.05, 0.1) is 36.6 Å². The molecule has 3 heterocycles. The minimum atomic E-state index is -1.25. The van der Waals surface area contributed by atoms with E-state index in [0.29, 0.717) is 32.4 Å². The molecule has 1 unspecified atom stereocenters. The fourth-order valence-electron chi connectivity index (χ4n) is 7.27. The Morgan fingerprint density at radius 2 is 1.96 bits per heavy atom. The van der Waals surface area contributed by atoms with E-state index >= 15 is 0 Å². The van der Waals surface area contributed by atoms with Gasteiger partial charge in [0.2, 0.25) is 17.7 Å². The number of rotatable bonds is 18. The van der Waals surface area contributed by atoms with E-state index in [0.717, 1.165) is 24.8 Å². The molecule has 8 atom stereocenters. The highest BCUT2D eigenvalue weighted by molar-refractivity contribution is 9.09. The number of allylic oxidation sites excluding steroid dienone is 1. The van der Waals surface area contributed by atoms with Gasteiger partial charge >= 0.3 is 5.97 Å². The van der Waals surface area contributed by atoms with Gasteiger partial charge in [-0.1, -0.05) is 85.1 Å². The lowest BCUT2D eigenvalue weighted by Crippen LogP contribution is -2.59. The van der Waals surface area contributed by atoms with Crippen LogP contribution < -0.4 is 5.32 Å². The summed E-state index contributed by atoms with van der Waals surface area (Å²) in [6, 6.07) is 6.92. The summed E-state index contributed by atoms with van der Waals surface area (Å²) in [4.78, 5) is 58.5. The number of ether oxygens (including phenoxy) is 2. The summed E-state index contributed by atoms with van der Waals surface area (Å²) in [5.74, 6) is -3.26. The minimum Gasteiger partial charge on any atom is -0.463 e. The molecule has 0 aliphatic carbocycles. The van der Waals surface area contributed by atoms with Crippen molar-refractivity contribution in [3.63, 3.8) is 0 Å². The van der Waals surface area contributed by atoms with Crippen LogP contribution in [-0.2, 0) is 28.7 Å². The van der Waals surface area contributed by atoms with Crippen molar-refractivity contribution in [2.24, 2.45) is 11.8 Å². The van der Waals surface area contributed by atoms with Crippen molar-refractivity contribution in [1.29, 1.82) is 0 Å². The number of carbonyl (C=O) groups excluding carboxylic acids is 4. The first kappa shape index (κ1) is 35.8. The van der Waals surface area contributed by atoms with Gasteiger partial charge in [0.15, 0.2) is 0 Å². The summed E-state index contributed by atoms with van der Waals surface area (Å²) in [6.45, 7) is 11.9. The zero-order valence-electron chi connectivity index (χ0n) is 26.9. The maximum Gasteiger partial charge on any atom is 0.306 e. The van der Waals surface area contributed by atoms with Crippen LogP contribution in [0.2, 0.25) is 0 Å². The van der Waals surface area contributed by atoms with E-state index in [-0.39, 0.29) is 36.3 Å². The maximum absolute atomic E-state index is 14.5. The number of alkyl halides is 1. The van der Waals surface area contributed by atoms with Crippen molar-refractivity contribution in [3.8, 4) is 0 Å². The molecule has 1 aromatic rings. The second-order valence-corrected chi connectivity index (χ2v) is 13.6. The van der Waals surface area contributed by atoms with E-state index in [2.05, 4.69) is 41.3 Å². The normalized spacial score (nSPS) is 27.5. The molecular weight excluding hydrogens is 654 g/mol. The number of aliphatic hydroxyl groups excluding tert-OH is 1. The van der Waals surface area contributed by atoms with E-state index < -0.39 is 53.5 Å². The zero-order valence-corrected chi connectivity index (χ0v) is 28.5. The molecule has 1 spiro atoms. The Morgan fingerprint density at radius 3 is 2.59 bits per heavy atom. The predicted octanol–water partition coefficient (Wildman–Crippen LogP) is 4.08. The monoisotopic (exact) mass is 701 g/mol. The van der Waals surface area contributed by atoms with Crippen molar-refractivity contribution in [3.05, 3.63) is 61.2 Å². The van der Waals surface area contributed by atoms with E-state index in [1.807, 2.05) is 37.3 Å². The highest BCUT2D eigenvalue weighted by Gasteiger charge is 2.77. The fourth-order valence-corrected chi connectivity index (χ4v) is 8.21. The zero-order chi connectivity index (χ0) is 33.4. The maximum atomic E-state index is 14.5. The topological polar surface area (TPSA) is 125 Å². The standard InChI is InChI=1S/C35H48BrN3O7/c1-5-9-14-19-38(18-7-3)34(44)31-35-20-25(36)30(46-35)28(29(35)33(43)39(31)24(8-4)21-40)32(42)37-26(23-15-12-11-13-16-23)22-45-27(41)17-10-6-2/h6-7,11-13,15-16,24-26,28-31,40H,2-3,5,8-10,14,17-22H2,1,4H3,(H,37,42)/t24-,25?,26+,28+,29-,30+,31+,35-/m0/s1. The minimum absolute atomic E-state index is 0.0879. The van der Waals surface area contributed by atoms with Gasteiger partial charge in [-0.3, -0.25) is 19.2 Å². The smallest absolute Gasteiger partial charge is 0.306 e. The summed E-state index contributed by atoms with van der Waals surface area (Å²) in [5, 5.41) is 13.4. The van der Waals surface area contributed by atoms with Crippen LogP contribution in [0.15, 0.2) is 55.6 Å². The first-order valence-electron chi connectivity index (χ1n) is 16.4. The summed E-state index contributed by atoms with van der Waals surface area (Å²) >= 11 is 3.72. The van der Waals surface area contributed by atoms with Crippen molar-refractivity contribution < 1.29 is 33.8 Å². The second-order valence-electron chi connectivity index (χ2n) is 12.4. The number of hydrogen-bond donors (Lipinski definition) is 2. The summed E-state index contributed by atoms with van der Waals surface area (Å²) in [7, 11) is 0. The second kappa shape index (κ2) is 16.2. The molecule has 1 aromatic carbocycles. The Labute approximate surface area is 280 Å². The Morgan fingerprint density at radius 1 is 1.22 bits per heavy atom. The van der Waals surface area contributed by atoms with Crippen molar-refractivity contribution in [1.82, 2.24) is 15.1 Å². The van der Waals surface area contributed by atoms with E-state index in [9.17, 15) is 24.3 Å². The van der Waals surface area contributed by atoms with E-state index in [1.54, 1.807) is 17.1 Å². The molecule has 0 aromatic heterocycles. The number of nitrogens with one attached hydrogen (secondary N) is 1. The Balaban J connectivity index is 1.67. The van der Waals surface area contributed by atoms with Crippen LogP contribution in [0.4, 0.5) is 0 Å². The molecule has 0 radical (unpaired) electrons. The molecule has 252 valence electrons. The Bertz CT molecular complexity index is 1260. The Hall–Kier alpha value is -3.02. The number of esters is 1. The third-order valence-corrected chi connectivity index (χ3v) is 10.4. The van der Waals surface area contributed by atoms with Crippen LogP contribution in [0.3, 0.4) is 0 Å². The molecule has 11 heteroatoms. The van der Waals surface area contributed by atoms with Crippen molar-refractivity contribution in [2.45, 2.75) is 93.5 Å². The average molecular weight is 703 g/mol. The number of carbonyl (C=O) groups is 4.